The maximum Gasteiger partial charge on any atom is 0 e. The Kier molecular flexibility index (Phi) is 48.4. The second kappa shape index (κ2) is 14.9. The molecule has 0 aromatic carbocycles. The average Bonchev–Trinajstić information content (AvgIpc) is 0.722. The van der Waals surface area contributed by atoms with E-state index in [0.29, 0.717) is 0 Å². The van der Waals surface area contributed by atoms with E-state index in [9.17, 15) is 0 Å². The van der Waals surface area contributed by atoms with Gasteiger partial charge in [-0.05, 0) is 0 Å². The molecular formula is H9Ca3FeO4P. The topological polar surface area (TPSA) is 77.8 Å². The third-order valence-electron chi connectivity index (χ3n) is 0. The van der Waals surface area contributed by atoms with Gasteiger partial charge < -0.3 is 14.7 Å². The summed E-state index contributed by atoms with van der Waals surface area (Å²) in [5.41, 5.74) is 0. The zero-order valence-corrected chi connectivity index (χ0v) is 4.55. The first-order chi connectivity index (χ1) is 2.00. The first-order valence-electron chi connectivity index (χ1n) is 0.783. The van der Waals surface area contributed by atoms with E-state index in [1.165, 1.54) is 0 Å². The Bertz CT molecular complexity index is 61.9. The molecule has 0 rings (SSSR count). The van der Waals surface area contributed by atoms with Crippen LogP contribution in [0.1, 0.15) is 0 Å². The van der Waals surface area contributed by atoms with Crippen LogP contribution in [0.15, 0.2) is 0 Å². The van der Waals surface area contributed by atoms with Gasteiger partial charge in [-0.15, -0.1) is 0 Å². The average molecular weight is 280 g/mol. The molecule has 3 N–H and O–H groups in total. The minimum atomic E-state index is -4.64. The van der Waals surface area contributed by atoms with Gasteiger partial charge in [-0.2, -0.15) is 0 Å². The van der Waals surface area contributed by atoms with Crippen molar-refractivity contribution >= 4 is 121 Å². The summed E-state index contributed by atoms with van der Waals surface area (Å²) in [5.74, 6) is 0. The molecule has 0 aliphatic rings. The van der Waals surface area contributed by atoms with Gasteiger partial charge >= 0.3 is 121 Å². The number of rotatable bonds is 0. The fraction of sp³-hybridized carbons (Fsp3) is 0. The number of hydrogen-bond acceptors (Lipinski definition) is 1. The van der Waals surface area contributed by atoms with E-state index in [0.717, 1.165) is 0 Å². The molecule has 52 valence electrons. The molecule has 4 nitrogen and oxygen atoms in total. The van der Waals surface area contributed by atoms with Crippen LogP contribution in [0.3, 0.4) is 0 Å². The standard InChI is InChI=1S/3Ca.Fe.H3O4P.6H/c;;;;1-5(2,3)4;;;;;;/h;;;;(H3,1,2,3,4);;;;;;. The van der Waals surface area contributed by atoms with Crippen LogP contribution in [0, 0.1) is 0 Å². The Morgan fingerprint density at radius 1 is 0.889 bits per heavy atom. The van der Waals surface area contributed by atoms with Gasteiger partial charge in [-0.25, -0.2) is 4.57 Å². The molecule has 0 amide bonds. The summed E-state index contributed by atoms with van der Waals surface area (Å²) in [7, 11) is -4.64. The van der Waals surface area contributed by atoms with Crippen LogP contribution in [0.5, 0.6) is 0 Å². The van der Waals surface area contributed by atoms with Crippen LogP contribution in [0.2, 0.25) is 0 Å². The van der Waals surface area contributed by atoms with Crippen molar-refractivity contribution in [3.05, 3.63) is 0 Å². The third kappa shape index (κ3) is 69.2. The van der Waals surface area contributed by atoms with Crippen molar-refractivity contribution in [2.75, 3.05) is 0 Å². The molecule has 0 saturated heterocycles. The van der Waals surface area contributed by atoms with Crippen molar-refractivity contribution in [1.29, 1.82) is 0 Å². The summed E-state index contributed by atoms with van der Waals surface area (Å²) in [5, 5.41) is 0. The molecule has 0 aromatic heterocycles. The van der Waals surface area contributed by atoms with Gasteiger partial charge in [-0.3, -0.25) is 0 Å². The monoisotopic (exact) mass is 280 g/mol. The molecular weight excluding hydrogens is 271 g/mol. The zero-order chi connectivity index (χ0) is 4.50. The smallest absolute Gasteiger partial charge is 0 e. The van der Waals surface area contributed by atoms with Crippen molar-refractivity contribution in [2.24, 2.45) is 0 Å². The van der Waals surface area contributed by atoms with Gasteiger partial charge in [0.1, 0.15) is 0 Å². The maximum atomic E-state index is 8.88. The molecule has 0 aliphatic carbocycles. The molecule has 0 atom stereocenters. The summed E-state index contributed by atoms with van der Waals surface area (Å²) in [4.78, 5) is 21.6. The maximum absolute atomic E-state index is 8.88. The van der Waals surface area contributed by atoms with E-state index in [2.05, 4.69) is 0 Å². The van der Waals surface area contributed by atoms with E-state index in [1.54, 1.807) is 0 Å². The molecule has 0 saturated carbocycles. The first-order valence-corrected chi connectivity index (χ1v) is 2.35. The summed E-state index contributed by atoms with van der Waals surface area (Å²) >= 11 is 0. The fourth-order valence-electron chi connectivity index (χ4n) is 0. The van der Waals surface area contributed by atoms with E-state index < -0.39 is 7.82 Å². The van der Waals surface area contributed by atoms with Crippen LogP contribution >= 0.6 is 7.82 Å². The van der Waals surface area contributed by atoms with Gasteiger partial charge in [0.2, 0.25) is 0 Å². The Morgan fingerprint density at radius 2 is 0.889 bits per heavy atom. The van der Waals surface area contributed by atoms with Gasteiger partial charge in [0.15, 0.2) is 0 Å². The van der Waals surface area contributed by atoms with E-state index in [1.807, 2.05) is 0 Å². The second-order valence-electron chi connectivity index (χ2n) is 0.513. The molecule has 0 heterocycles. The predicted molar refractivity (Wildman–Crippen MR) is 39.9 cm³/mol. The molecule has 0 spiro atoms. The second-order valence-corrected chi connectivity index (χ2v) is 1.54. The Morgan fingerprint density at radius 3 is 0.889 bits per heavy atom. The van der Waals surface area contributed by atoms with Crippen LogP contribution in [-0.2, 0) is 21.6 Å². The van der Waals surface area contributed by atoms with Crippen molar-refractivity contribution in [3.63, 3.8) is 0 Å². The van der Waals surface area contributed by atoms with Crippen LogP contribution in [0.4, 0.5) is 0 Å². The summed E-state index contributed by atoms with van der Waals surface area (Å²) in [6.07, 6.45) is 0. The van der Waals surface area contributed by atoms with Crippen LogP contribution in [-0.4, -0.2) is 128 Å². The van der Waals surface area contributed by atoms with Crippen LogP contribution < -0.4 is 0 Å². The van der Waals surface area contributed by atoms with Crippen molar-refractivity contribution < 1.29 is 36.3 Å². The summed E-state index contributed by atoms with van der Waals surface area (Å²) in [6, 6.07) is 0. The number of phosphoric acid groups is 1. The van der Waals surface area contributed by atoms with Gasteiger partial charge in [0.05, 0.1) is 0 Å². The molecule has 0 fully saturated rings. The summed E-state index contributed by atoms with van der Waals surface area (Å²) in [6.45, 7) is 0. The molecule has 0 unspecified atom stereocenters. The predicted octanol–water partition coefficient (Wildman–Crippen LogP) is -3.68. The molecule has 0 aromatic rings. The van der Waals surface area contributed by atoms with E-state index in [4.69, 9.17) is 19.2 Å². The minimum Gasteiger partial charge on any atom is 0 e. The van der Waals surface area contributed by atoms with Gasteiger partial charge in [0, 0.05) is 17.1 Å². The van der Waals surface area contributed by atoms with Crippen molar-refractivity contribution in [1.82, 2.24) is 0 Å². The quantitative estimate of drug-likeness (QED) is 0.315. The Balaban J connectivity index is -0.0000000133. The minimum absolute atomic E-state index is 0. The fourth-order valence-corrected chi connectivity index (χ4v) is 0. The van der Waals surface area contributed by atoms with Crippen molar-refractivity contribution in [2.45, 2.75) is 0 Å². The summed E-state index contributed by atoms with van der Waals surface area (Å²) < 4.78 is 8.88. The van der Waals surface area contributed by atoms with Gasteiger partial charge in [0.25, 0.3) is 0 Å². The molecule has 0 radical (unpaired) electrons. The number of hydrogen-bond donors (Lipinski definition) is 3. The third-order valence-corrected chi connectivity index (χ3v) is 0. The molecule has 9 heteroatoms. The van der Waals surface area contributed by atoms with Crippen molar-refractivity contribution in [3.8, 4) is 0 Å². The van der Waals surface area contributed by atoms with E-state index >= 15 is 0 Å². The molecule has 9 heavy (non-hydrogen) atoms. The Hall–Kier alpha value is 4.41. The Labute approximate surface area is 153 Å². The first kappa shape index (κ1) is 29.2. The van der Waals surface area contributed by atoms with E-state index in [-0.39, 0.29) is 130 Å². The molecule has 0 aliphatic heterocycles. The molecule has 0 bridgehead atoms. The largest absolute Gasteiger partial charge is 0 e. The van der Waals surface area contributed by atoms with Gasteiger partial charge in [-0.1, -0.05) is 0 Å². The normalized spacial score (nSPS) is 6.56. The SMILES string of the molecule is O=P(O)(O)O.[CaH2].[CaH2].[CaH2].[Fe]. The van der Waals surface area contributed by atoms with Crippen LogP contribution in [0.25, 0.3) is 0 Å². The zero-order valence-electron chi connectivity index (χ0n) is 2.55.